The Bertz CT molecular complexity index is 345. The van der Waals surface area contributed by atoms with Crippen LogP contribution in [0, 0.1) is 11.8 Å². The molecule has 0 bridgehead atoms. The van der Waals surface area contributed by atoms with Crippen LogP contribution in [0.15, 0.2) is 0 Å². The Morgan fingerprint density at radius 1 is 1.05 bits per heavy atom. The van der Waals surface area contributed by atoms with Crippen LogP contribution in [-0.2, 0) is 0 Å². The minimum atomic E-state index is 0.299. The number of nitrogens with zero attached hydrogens (tertiary/aromatic N) is 2. The van der Waals surface area contributed by atoms with Gasteiger partial charge in [0.1, 0.15) is 0 Å². The third-order valence-corrected chi connectivity index (χ3v) is 6.14. The van der Waals surface area contributed by atoms with Gasteiger partial charge in [0.25, 0.3) is 0 Å². The van der Waals surface area contributed by atoms with Crippen LogP contribution in [0.3, 0.4) is 0 Å². The fourth-order valence-electron chi connectivity index (χ4n) is 4.31. The first kappa shape index (κ1) is 13.5. The summed E-state index contributed by atoms with van der Waals surface area (Å²) in [5.74, 6) is 1.98. The summed E-state index contributed by atoms with van der Waals surface area (Å²) in [6, 6.07) is 1.63. The van der Waals surface area contributed by atoms with Gasteiger partial charge in [-0.3, -0.25) is 9.80 Å². The highest BCUT2D eigenvalue weighted by molar-refractivity contribution is 5.08. The lowest BCUT2D eigenvalue weighted by atomic mass is 9.93. The molecule has 20 heavy (non-hydrogen) atoms. The van der Waals surface area contributed by atoms with E-state index in [2.05, 4.69) is 16.7 Å². The number of rotatable bonds is 7. The molecule has 0 radical (unpaired) electrons. The Morgan fingerprint density at radius 2 is 1.65 bits per heavy atom. The van der Waals surface area contributed by atoms with E-state index in [0.29, 0.717) is 5.54 Å². The maximum Gasteiger partial charge on any atom is 0.0473 e. The van der Waals surface area contributed by atoms with Crippen LogP contribution in [0.2, 0.25) is 0 Å². The average molecular weight is 277 g/mol. The van der Waals surface area contributed by atoms with Crippen LogP contribution in [0.5, 0.6) is 0 Å². The van der Waals surface area contributed by atoms with E-state index in [1.165, 1.54) is 64.6 Å². The lowest BCUT2D eigenvalue weighted by molar-refractivity contribution is 0.0864. The highest BCUT2D eigenvalue weighted by Gasteiger charge is 2.50. The van der Waals surface area contributed by atoms with E-state index >= 15 is 0 Å². The monoisotopic (exact) mass is 277 g/mol. The molecule has 2 unspecified atom stereocenters. The van der Waals surface area contributed by atoms with Crippen molar-refractivity contribution in [3.63, 3.8) is 0 Å². The molecule has 0 spiro atoms. The first-order valence-corrected chi connectivity index (χ1v) is 8.91. The van der Waals surface area contributed by atoms with Gasteiger partial charge >= 0.3 is 0 Å². The molecule has 3 nitrogen and oxygen atoms in total. The van der Waals surface area contributed by atoms with Crippen molar-refractivity contribution < 1.29 is 0 Å². The molecule has 2 atom stereocenters. The molecule has 0 amide bonds. The van der Waals surface area contributed by atoms with Crippen LogP contribution < -0.4 is 5.73 Å². The molecule has 0 aromatic rings. The highest BCUT2D eigenvalue weighted by atomic mass is 15.3. The third-order valence-electron chi connectivity index (χ3n) is 6.14. The zero-order valence-electron chi connectivity index (χ0n) is 13.1. The van der Waals surface area contributed by atoms with Gasteiger partial charge in [-0.05, 0) is 63.7 Å². The summed E-state index contributed by atoms with van der Waals surface area (Å²) in [5.41, 5.74) is 6.64. The van der Waals surface area contributed by atoms with Gasteiger partial charge in [0.05, 0.1) is 0 Å². The summed E-state index contributed by atoms with van der Waals surface area (Å²) >= 11 is 0. The Kier molecular flexibility index (Phi) is 3.36. The smallest absolute Gasteiger partial charge is 0.0473 e. The maximum atomic E-state index is 6.34. The van der Waals surface area contributed by atoms with E-state index in [9.17, 15) is 0 Å². The highest BCUT2D eigenvalue weighted by Crippen LogP contribution is 2.43. The van der Waals surface area contributed by atoms with Crippen molar-refractivity contribution in [1.82, 2.24) is 9.80 Å². The maximum absolute atomic E-state index is 6.34. The standard InChI is InChI=1S/C17H31N3/c1-13-8-17(11-18,12-20(13)16-6-7-16)19(9-14-2-3-14)10-15-4-5-15/h13-16H,2-12,18H2,1H3. The predicted molar refractivity (Wildman–Crippen MR) is 82.6 cm³/mol. The summed E-state index contributed by atoms with van der Waals surface area (Å²) in [7, 11) is 0. The minimum Gasteiger partial charge on any atom is -0.329 e. The number of likely N-dealkylation sites (tertiary alicyclic amines) is 1. The number of hydrogen-bond acceptors (Lipinski definition) is 3. The lowest BCUT2D eigenvalue weighted by Crippen LogP contribution is -2.57. The second kappa shape index (κ2) is 4.96. The van der Waals surface area contributed by atoms with Crippen LogP contribution in [0.25, 0.3) is 0 Å². The first-order valence-electron chi connectivity index (χ1n) is 8.91. The van der Waals surface area contributed by atoms with Crippen LogP contribution in [0.1, 0.15) is 51.9 Å². The van der Waals surface area contributed by atoms with Gasteiger partial charge in [-0.2, -0.15) is 0 Å². The third kappa shape index (κ3) is 2.65. The molecule has 1 aliphatic heterocycles. The summed E-state index contributed by atoms with van der Waals surface area (Å²) in [5, 5.41) is 0. The second-order valence-electron chi connectivity index (χ2n) is 8.18. The zero-order chi connectivity index (χ0) is 13.7. The second-order valence-corrected chi connectivity index (χ2v) is 8.18. The van der Waals surface area contributed by atoms with Gasteiger partial charge in [0, 0.05) is 43.8 Å². The Balaban J connectivity index is 1.50. The molecule has 3 aliphatic carbocycles. The van der Waals surface area contributed by atoms with Crippen molar-refractivity contribution in [1.29, 1.82) is 0 Å². The largest absolute Gasteiger partial charge is 0.329 e. The average Bonchev–Trinajstić information content (AvgIpc) is 3.27. The summed E-state index contributed by atoms with van der Waals surface area (Å²) in [6.45, 7) is 7.20. The van der Waals surface area contributed by atoms with Crippen molar-refractivity contribution in [3.05, 3.63) is 0 Å². The Hall–Kier alpha value is -0.120. The molecule has 3 saturated carbocycles. The molecular formula is C17H31N3. The minimum absolute atomic E-state index is 0.299. The molecule has 0 aromatic heterocycles. The van der Waals surface area contributed by atoms with Crippen molar-refractivity contribution in [2.45, 2.75) is 69.5 Å². The molecule has 1 saturated heterocycles. The van der Waals surface area contributed by atoms with E-state index in [0.717, 1.165) is 30.5 Å². The van der Waals surface area contributed by atoms with Crippen molar-refractivity contribution in [2.75, 3.05) is 26.2 Å². The molecular weight excluding hydrogens is 246 g/mol. The molecule has 2 N–H and O–H groups in total. The van der Waals surface area contributed by atoms with Gasteiger partial charge in [0.2, 0.25) is 0 Å². The van der Waals surface area contributed by atoms with Gasteiger partial charge in [-0.1, -0.05) is 0 Å². The molecule has 4 rings (SSSR count). The Morgan fingerprint density at radius 3 is 2.10 bits per heavy atom. The first-order chi connectivity index (χ1) is 9.70. The molecule has 114 valence electrons. The molecule has 1 heterocycles. The van der Waals surface area contributed by atoms with Crippen molar-refractivity contribution >= 4 is 0 Å². The molecule has 0 aromatic carbocycles. The van der Waals surface area contributed by atoms with Crippen LogP contribution in [-0.4, -0.2) is 53.6 Å². The van der Waals surface area contributed by atoms with Crippen molar-refractivity contribution in [3.8, 4) is 0 Å². The van der Waals surface area contributed by atoms with Gasteiger partial charge in [-0.15, -0.1) is 0 Å². The molecule has 4 aliphatic rings. The SMILES string of the molecule is CC1CC(CN)(N(CC2CC2)CC2CC2)CN1C1CC1. The van der Waals surface area contributed by atoms with E-state index < -0.39 is 0 Å². The van der Waals surface area contributed by atoms with Crippen molar-refractivity contribution in [2.24, 2.45) is 17.6 Å². The zero-order valence-corrected chi connectivity index (χ0v) is 13.1. The van der Waals surface area contributed by atoms with Gasteiger partial charge in [0.15, 0.2) is 0 Å². The predicted octanol–water partition coefficient (Wildman–Crippen LogP) is 2.06. The summed E-state index contributed by atoms with van der Waals surface area (Å²) < 4.78 is 0. The molecule has 4 fully saturated rings. The van der Waals surface area contributed by atoms with Gasteiger partial charge < -0.3 is 5.73 Å². The fourth-order valence-corrected chi connectivity index (χ4v) is 4.31. The van der Waals surface area contributed by atoms with E-state index in [-0.39, 0.29) is 0 Å². The quantitative estimate of drug-likeness (QED) is 0.773. The lowest BCUT2D eigenvalue weighted by Gasteiger charge is -2.41. The van der Waals surface area contributed by atoms with Gasteiger partial charge in [-0.25, -0.2) is 0 Å². The fraction of sp³-hybridized carbons (Fsp3) is 1.00. The normalized spacial score (nSPS) is 38.9. The van der Waals surface area contributed by atoms with E-state index in [1.54, 1.807) is 0 Å². The summed E-state index contributed by atoms with van der Waals surface area (Å²) in [4.78, 5) is 5.63. The van der Waals surface area contributed by atoms with E-state index in [4.69, 9.17) is 5.73 Å². The number of nitrogens with two attached hydrogens (primary N) is 1. The van der Waals surface area contributed by atoms with Crippen LogP contribution in [0.4, 0.5) is 0 Å². The van der Waals surface area contributed by atoms with E-state index in [1.807, 2.05) is 0 Å². The molecule has 3 heteroatoms. The summed E-state index contributed by atoms with van der Waals surface area (Å²) in [6.07, 6.45) is 10.0. The number of hydrogen-bond donors (Lipinski definition) is 1. The van der Waals surface area contributed by atoms with Crippen LogP contribution >= 0.6 is 0 Å². The Labute approximate surface area is 123 Å². The topological polar surface area (TPSA) is 32.5 Å².